The van der Waals surface area contributed by atoms with Crippen LogP contribution >= 0.6 is 0 Å². The van der Waals surface area contributed by atoms with E-state index >= 15 is 0 Å². The van der Waals surface area contributed by atoms with Crippen molar-refractivity contribution in [2.24, 2.45) is 0 Å². The van der Waals surface area contributed by atoms with Crippen LogP contribution < -0.4 is 5.32 Å². The molecule has 1 amide bonds. The van der Waals surface area contributed by atoms with Crippen LogP contribution in [-0.4, -0.2) is 38.0 Å². The van der Waals surface area contributed by atoms with E-state index in [1.807, 2.05) is 31.2 Å². The van der Waals surface area contributed by atoms with Crippen LogP contribution in [0.15, 0.2) is 48.9 Å². The molecule has 0 unspecified atom stereocenters. The summed E-state index contributed by atoms with van der Waals surface area (Å²) in [6.45, 7) is 2.01. The van der Waals surface area contributed by atoms with Crippen molar-refractivity contribution in [3.05, 3.63) is 71.3 Å². The van der Waals surface area contributed by atoms with E-state index < -0.39 is 23.6 Å². The van der Waals surface area contributed by atoms with Gasteiger partial charge in [-0.1, -0.05) is 29.8 Å². The zero-order valence-electron chi connectivity index (χ0n) is 17.5. The molecule has 1 aromatic carbocycles. The Morgan fingerprint density at radius 1 is 1.12 bits per heavy atom. The molecule has 32 heavy (non-hydrogen) atoms. The van der Waals surface area contributed by atoms with Crippen LogP contribution in [0, 0.1) is 6.92 Å². The highest BCUT2D eigenvalue weighted by atomic mass is 16.6. The summed E-state index contributed by atoms with van der Waals surface area (Å²) in [4.78, 5) is 38.3. The second-order valence-electron chi connectivity index (χ2n) is 8.32. The van der Waals surface area contributed by atoms with Crippen LogP contribution in [0.4, 0.5) is 5.95 Å². The maximum Gasteiger partial charge on any atom is 0.341 e. The molecule has 1 aliphatic heterocycles. The third kappa shape index (κ3) is 3.52. The standard InChI is InChI=1S/C24H22N4O4/c1-14-3-2-4-15(11-14)16-12-26-23(27-13-16)28-21(30)20-19-18(7-10-25-20)24(32-22(19)31)8-5-17(29)6-9-24/h2-4,7,10-13,17,29H,5-6,8-9H2,1H3,(H,26,27,28,30). The van der Waals surface area contributed by atoms with Crippen molar-refractivity contribution >= 4 is 17.8 Å². The molecule has 0 radical (unpaired) electrons. The van der Waals surface area contributed by atoms with Gasteiger partial charge < -0.3 is 9.84 Å². The number of hydrogen-bond donors (Lipinski definition) is 2. The number of aliphatic hydroxyl groups is 1. The molecule has 5 rings (SSSR count). The van der Waals surface area contributed by atoms with Gasteiger partial charge in [-0.15, -0.1) is 0 Å². The van der Waals surface area contributed by atoms with Gasteiger partial charge in [-0.2, -0.15) is 0 Å². The topological polar surface area (TPSA) is 114 Å². The molecule has 8 heteroatoms. The molecule has 2 N–H and O–H groups in total. The minimum absolute atomic E-state index is 0.0122. The zero-order chi connectivity index (χ0) is 22.3. The molecule has 1 aliphatic carbocycles. The predicted octanol–water partition coefficient (Wildman–Crippen LogP) is 3.40. The molecule has 3 aromatic rings. The van der Waals surface area contributed by atoms with Crippen LogP contribution in [0.1, 0.15) is 57.7 Å². The Labute approximate surface area is 184 Å². The number of aliphatic hydroxyl groups excluding tert-OH is 1. The largest absolute Gasteiger partial charge is 0.450 e. The number of anilines is 1. The fourth-order valence-corrected chi connectivity index (χ4v) is 4.47. The van der Waals surface area contributed by atoms with Crippen molar-refractivity contribution in [1.29, 1.82) is 0 Å². The maximum atomic E-state index is 12.9. The monoisotopic (exact) mass is 430 g/mol. The molecule has 1 saturated carbocycles. The maximum absolute atomic E-state index is 12.9. The van der Waals surface area contributed by atoms with E-state index in [1.54, 1.807) is 18.5 Å². The first-order chi connectivity index (χ1) is 15.4. The van der Waals surface area contributed by atoms with E-state index in [4.69, 9.17) is 4.74 Å². The van der Waals surface area contributed by atoms with Crippen molar-refractivity contribution < 1.29 is 19.4 Å². The lowest BCUT2D eigenvalue weighted by Crippen LogP contribution is -2.33. The van der Waals surface area contributed by atoms with Gasteiger partial charge in [0.15, 0.2) is 0 Å². The van der Waals surface area contributed by atoms with Crippen LogP contribution in [0.3, 0.4) is 0 Å². The van der Waals surface area contributed by atoms with E-state index in [0.717, 1.165) is 16.7 Å². The van der Waals surface area contributed by atoms with Gasteiger partial charge in [-0.05, 0) is 44.2 Å². The number of esters is 1. The molecule has 0 saturated heterocycles. The molecule has 1 fully saturated rings. The first kappa shape index (κ1) is 20.3. The van der Waals surface area contributed by atoms with Crippen molar-refractivity contribution in [3.63, 3.8) is 0 Å². The number of nitrogens with one attached hydrogen (secondary N) is 1. The number of benzene rings is 1. The third-order valence-corrected chi connectivity index (χ3v) is 6.14. The van der Waals surface area contributed by atoms with Crippen LogP contribution in [0.5, 0.6) is 0 Å². The molecule has 1 spiro atoms. The number of rotatable bonds is 3. The zero-order valence-corrected chi connectivity index (χ0v) is 17.5. The van der Waals surface area contributed by atoms with E-state index in [0.29, 0.717) is 31.2 Å². The summed E-state index contributed by atoms with van der Waals surface area (Å²) in [5.74, 6) is -1.02. The lowest BCUT2D eigenvalue weighted by Gasteiger charge is -2.34. The van der Waals surface area contributed by atoms with Crippen molar-refractivity contribution in [2.75, 3.05) is 5.32 Å². The average Bonchev–Trinajstić information content (AvgIpc) is 3.08. The van der Waals surface area contributed by atoms with Gasteiger partial charge in [0.25, 0.3) is 5.91 Å². The van der Waals surface area contributed by atoms with E-state index in [2.05, 4.69) is 20.3 Å². The summed E-state index contributed by atoms with van der Waals surface area (Å²) in [5.41, 5.74) is 2.97. The SMILES string of the molecule is Cc1cccc(-c2cnc(NC(=O)c3nccc4c3C(=O)OC43CCC(O)CC3)nc2)c1. The van der Waals surface area contributed by atoms with E-state index in [9.17, 15) is 14.7 Å². The summed E-state index contributed by atoms with van der Waals surface area (Å²) in [6.07, 6.45) is 6.49. The number of hydrogen-bond acceptors (Lipinski definition) is 7. The Bertz CT molecular complexity index is 1200. The number of ether oxygens (including phenoxy) is 1. The van der Waals surface area contributed by atoms with Crippen LogP contribution in [-0.2, 0) is 10.3 Å². The Morgan fingerprint density at radius 3 is 2.59 bits per heavy atom. The van der Waals surface area contributed by atoms with Crippen molar-refractivity contribution in [2.45, 2.75) is 44.3 Å². The van der Waals surface area contributed by atoms with Gasteiger partial charge in [0.2, 0.25) is 5.95 Å². The fraction of sp³-hybridized carbons (Fsp3) is 0.292. The number of fused-ring (bicyclic) bond motifs is 2. The number of amides is 1. The minimum atomic E-state index is -0.796. The van der Waals surface area contributed by atoms with Crippen LogP contribution in [0.2, 0.25) is 0 Å². The molecule has 0 atom stereocenters. The smallest absolute Gasteiger partial charge is 0.341 e. The van der Waals surface area contributed by atoms with Gasteiger partial charge in [0.1, 0.15) is 11.3 Å². The highest BCUT2D eigenvalue weighted by Gasteiger charge is 2.49. The van der Waals surface area contributed by atoms with Gasteiger partial charge in [-0.3, -0.25) is 15.1 Å². The summed E-state index contributed by atoms with van der Waals surface area (Å²) >= 11 is 0. The molecule has 8 nitrogen and oxygen atoms in total. The van der Waals surface area contributed by atoms with Crippen molar-refractivity contribution in [1.82, 2.24) is 15.0 Å². The quantitative estimate of drug-likeness (QED) is 0.612. The highest BCUT2D eigenvalue weighted by molar-refractivity contribution is 6.11. The molecule has 0 bridgehead atoms. The lowest BCUT2D eigenvalue weighted by atomic mass is 9.78. The molecular formula is C24H22N4O4. The van der Waals surface area contributed by atoms with Gasteiger partial charge in [0, 0.05) is 29.7 Å². The second-order valence-corrected chi connectivity index (χ2v) is 8.32. The Morgan fingerprint density at radius 2 is 1.88 bits per heavy atom. The Balaban J connectivity index is 1.39. The van der Waals surface area contributed by atoms with E-state index in [-0.39, 0.29) is 17.2 Å². The lowest BCUT2D eigenvalue weighted by molar-refractivity contribution is -0.0494. The second kappa shape index (κ2) is 7.80. The summed E-state index contributed by atoms with van der Waals surface area (Å²) in [7, 11) is 0. The number of pyridine rings is 1. The summed E-state index contributed by atoms with van der Waals surface area (Å²) < 4.78 is 5.72. The Kier molecular flexibility index (Phi) is 4.94. The molecule has 2 aliphatic rings. The minimum Gasteiger partial charge on any atom is -0.450 e. The normalized spacial score (nSPS) is 21.8. The number of aryl methyl sites for hydroxylation is 1. The number of carbonyl (C=O) groups excluding carboxylic acids is 2. The summed E-state index contributed by atoms with van der Waals surface area (Å²) in [5, 5.41) is 12.5. The van der Waals surface area contributed by atoms with Crippen molar-refractivity contribution in [3.8, 4) is 11.1 Å². The van der Waals surface area contributed by atoms with Gasteiger partial charge in [0.05, 0.1) is 11.7 Å². The first-order valence-corrected chi connectivity index (χ1v) is 10.6. The molecular weight excluding hydrogens is 408 g/mol. The number of carbonyl (C=O) groups is 2. The predicted molar refractivity (Wildman–Crippen MR) is 116 cm³/mol. The summed E-state index contributed by atoms with van der Waals surface area (Å²) in [6, 6.07) is 9.68. The van der Waals surface area contributed by atoms with Gasteiger partial charge in [-0.25, -0.2) is 14.8 Å². The average molecular weight is 430 g/mol. The number of nitrogens with zero attached hydrogens (tertiary/aromatic N) is 3. The molecule has 162 valence electrons. The molecule has 2 aromatic heterocycles. The van der Waals surface area contributed by atoms with E-state index in [1.165, 1.54) is 6.20 Å². The first-order valence-electron chi connectivity index (χ1n) is 10.6. The third-order valence-electron chi connectivity index (χ3n) is 6.14. The fourth-order valence-electron chi connectivity index (χ4n) is 4.47. The molecule has 3 heterocycles. The number of aromatic nitrogens is 3. The highest BCUT2D eigenvalue weighted by Crippen LogP contribution is 2.47. The Hall–Kier alpha value is -3.65. The van der Waals surface area contributed by atoms with Crippen LogP contribution in [0.25, 0.3) is 11.1 Å². The van der Waals surface area contributed by atoms with Gasteiger partial charge >= 0.3 is 5.97 Å².